The number of likely N-dealkylation sites (N-methyl/N-ethyl adjacent to an activating group) is 1. The van der Waals surface area contributed by atoms with E-state index in [1.54, 1.807) is 28.9 Å². The molecule has 242 valence electrons. The summed E-state index contributed by atoms with van der Waals surface area (Å²) in [4.78, 5) is 43.4. The third-order valence-corrected chi connectivity index (χ3v) is 8.40. The van der Waals surface area contributed by atoms with E-state index in [0.717, 1.165) is 44.6 Å². The molecule has 0 saturated carbocycles. The number of carbonyl (C=O) groups is 3. The molecule has 11 nitrogen and oxygen atoms in total. The van der Waals surface area contributed by atoms with Gasteiger partial charge < -0.3 is 39.1 Å². The topological polar surface area (TPSA) is 129 Å². The lowest BCUT2D eigenvalue weighted by Crippen LogP contribution is -2.50. The quantitative estimate of drug-likeness (QED) is 0.202. The van der Waals surface area contributed by atoms with Crippen molar-refractivity contribution in [1.29, 1.82) is 0 Å². The molecule has 2 saturated heterocycles. The number of likely N-dealkylation sites (tertiary alicyclic amines) is 1. The van der Waals surface area contributed by atoms with Crippen LogP contribution in [0.1, 0.15) is 59.8 Å². The van der Waals surface area contributed by atoms with Crippen molar-refractivity contribution in [2.75, 3.05) is 52.9 Å². The van der Waals surface area contributed by atoms with Crippen LogP contribution in [0.5, 0.6) is 0 Å². The lowest BCUT2D eigenvalue weighted by Gasteiger charge is -2.36. The zero-order chi connectivity index (χ0) is 31.6. The van der Waals surface area contributed by atoms with E-state index in [1.165, 1.54) is 0 Å². The van der Waals surface area contributed by atoms with E-state index in [4.69, 9.17) is 14.2 Å². The van der Waals surface area contributed by atoms with Crippen LogP contribution in [0.25, 0.3) is 0 Å². The molecule has 43 heavy (non-hydrogen) atoms. The summed E-state index contributed by atoms with van der Waals surface area (Å²) in [6, 6.07) is 0. The van der Waals surface area contributed by atoms with Crippen LogP contribution in [-0.2, 0) is 19.0 Å². The third kappa shape index (κ3) is 11.0. The van der Waals surface area contributed by atoms with Gasteiger partial charge in [0.05, 0.1) is 19.1 Å². The van der Waals surface area contributed by atoms with Gasteiger partial charge in [0.1, 0.15) is 11.7 Å². The number of cyclic esters (lactones) is 1. The number of aliphatic hydroxyl groups is 2. The molecule has 0 radical (unpaired) electrons. The number of allylic oxidation sites excluding steroid dienone is 2. The molecule has 3 aliphatic heterocycles. The molecule has 3 aliphatic rings. The maximum atomic E-state index is 13.0. The van der Waals surface area contributed by atoms with Crippen LogP contribution in [0.15, 0.2) is 36.0 Å². The van der Waals surface area contributed by atoms with E-state index < -0.39 is 36.0 Å². The summed E-state index contributed by atoms with van der Waals surface area (Å²) in [6.45, 7) is 11.6. The zero-order valence-corrected chi connectivity index (χ0v) is 26.4. The summed E-state index contributed by atoms with van der Waals surface area (Å²) < 4.78 is 17.1. The molecule has 0 aromatic rings. The fourth-order valence-corrected chi connectivity index (χ4v) is 5.36. The number of hydrogen-bond acceptors (Lipinski definition) is 9. The monoisotopic (exact) mass is 605 g/mol. The maximum Gasteiger partial charge on any atom is 0.410 e. The fraction of sp³-hybridized carbons (Fsp3) is 0.719. The lowest BCUT2D eigenvalue weighted by molar-refractivity contribution is -0.151. The minimum absolute atomic E-state index is 0.0140. The van der Waals surface area contributed by atoms with Crippen LogP contribution >= 0.6 is 0 Å². The molecular weight excluding hydrogens is 554 g/mol. The summed E-state index contributed by atoms with van der Waals surface area (Å²) in [5.41, 5.74) is -0.688. The normalized spacial score (nSPS) is 31.6. The van der Waals surface area contributed by atoms with E-state index in [0.29, 0.717) is 13.1 Å². The second-order valence-electron chi connectivity index (χ2n) is 12.5. The van der Waals surface area contributed by atoms with Crippen molar-refractivity contribution in [3.8, 4) is 0 Å². The zero-order valence-electron chi connectivity index (χ0n) is 26.4. The van der Waals surface area contributed by atoms with Gasteiger partial charge in [-0.25, -0.2) is 9.59 Å². The smallest absolute Gasteiger partial charge is 0.410 e. The summed E-state index contributed by atoms with van der Waals surface area (Å²) >= 11 is 0. The number of esters is 1. The van der Waals surface area contributed by atoms with Crippen LogP contribution < -0.4 is 0 Å². The summed E-state index contributed by atoms with van der Waals surface area (Å²) in [5.74, 6) is -0.875. The highest BCUT2D eigenvalue weighted by Crippen LogP contribution is 2.27. The summed E-state index contributed by atoms with van der Waals surface area (Å²) in [7, 11) is 2.00. The van der Waals surface area contributed by atoms with Crippen molar-refractivity contribution < 1.29 is 38.8 Å². The van der Waals surface area contributed by atoms with E-state index in [-0.39, 0.29) is 43.8 Å². The van der Waals surface area contributed by atoms with Gasteiger partial charge in [0.2, 0.25) is 0 Å². The first-order valence-corrected chi connectivity index (χ1v) is 15.5. The first-order chi connectivity index (χ1) is 20.4. The largest absolute Gasteiger partial charge is 0.457 e. The highest BCUT2D eigenvalue weighted by atomic mass is 16.6. The molecule has 3 heterocycles. The predicted octanol–water partition coefficient (Wildman–Crippen LogP) is 3.51. The summed E-state index contributed by atoms with van der Waals surface area (Å²) in [6.07, 6.45) is 7.76. The molecule has 0 unspecified atom stereocenters. The molecule has 0 bridgehead atoms. The van der Waals surface area contributed by atoms with Crippen LogP contribution in [0.4, 0.5) is 9.59 Å². The van der Waals surface area contributed by atoms with E-state index in [2.05, 4.69) is 4.90 Å². The van der Waals surface area contributed by atoms with Crippen molar-refractivity contribution in [2.45, 2.75) is 83.7 Å². The average molecular weight is 606 g/mol. The number of nitrogens with zero attached hydrogens (tertiary/aromatic N) is 3. The molecule has 0 spiro atoms. The Balaban J connectivity index is 1.71. The van der Waals surface area contributed by atoms with Gasteiger partial charge >= 0.3 is 18.2 Å². The van der Waals surface area contributed by atoms with Gasteiger partial charge in [-0.1, -0.05) is 38.2 Å². The number of rotatable bonds is 6. The average Bonchev–Trinajstić information content (AvgIpc) is 3.50. The molecule has 0 aromatic carbocycles. The van der Waals surface area contributed by atoms with E-state index in [1.807, 2.05) is 46.0 Å². The minimum atomic E-state index is -1.46. The maximum absolute atomic E-state index is 13.0. The van der Waals surface area contributed by atoms with Crippen LogP contribution in [0.3, 0.4) is 0 Å². The third-order valence-electron chi connectivity index (χ3n) is 8.40. The molecule has 6 atom stereocenters. The van der Waals surface area contributed by atoms with Crippen LogP contribution in [-0.4, -0.2) is 120 Å². The lowest BCUT2D eigenvalue weighted by atomic mass is 9.89. The van der Waals surface area contributed by atoms with Gasteiger partial charge in [0, 0.05) is 51.1 Å². The van der Waals surface area contributed by atoms with Gasteiger partial charge in [-0.2, -0.15) is 0 Å². The number of piperazine rings is 1. The Morgan fingerprint density at radius 3 is 2.44 bits per heavy atom. The number of ether oxygens (including phenoxy) is 3. The molecule has 11 heteroatoms. The molecule has 2 N–H and O–H groups in total. The Hall–Kier alpha value is -2.89. The van der Waals surface area contributed by atoms with E-state index in [9.17, 15) is 24.6 Å². The van der Waals surface area contributed by atoms with Crippen molar-refractivity contribution in [3.63, 3.8) is 0 Å². The fourth-order valence-electron chi connectivity index (χ4n) is 5.36. The van der Waals surface area contributed by atoms with Crippen molar-refractivity contribution >= 4 is 18.2 Å². The van der Waals surface area contributed by atoms with Gasteiger partial charge in [-0.15, -0.1) is 0 Å². The predicted molar refractivity (Wildman–Crippen MR) is 162 cm³/mol. The highest BCUT2D eigenvalue weighted by molar-refractivity contribution is 5.70. The standard InChI is InChI=1S/C32H51N3O8/c1-23(22-41-30(38)34-15-6-7-16-34)9-8-10-24(2)29-25(3)11-12-27(42-31(39)35-19-17-33(5)18-20-35)32(4,40)14-13-26(36)21-28(37)43-29/h8-12,23,25-27,29,36,40H,6-7,13-22H2,1-5H3/b9-8+,12-11+,24-10+/t23-,25+,26-,27+,29-,32-/m1/s1. The Bertz CT molecular complexity index is 1030. The second kappa shape index (κ2) is 16.3. The molecule has 0 aliphatic carbocycles. The first kappa shape index (κ1) is 34.6. The Kier molecular flexibility index (Phi) is 13.1. The molecule has 2 amide bonds. The van der Waals surface area contributed by atoms with E-state index >= 15 is 0 Å². The van der Waals surface area contributed by atoms with Gasteiger partial charge in [0.15, 0.2) is 6.10 Å². The van der Waals surface area contributed by atoms with Gasteiger partial charge in [0.25, 0.3) is 0 Å². The molecule has 0 aromatic heterocycles. The SMILES string of the molecule is C/C(=C\C=C\[C@@H](C)COC(=O)N1CCCC1)[C@H]1OC(=O)C[C@H](O)CC[C@@](C)(O)[C@@H](OC(=O)N2CCN(C)CC2)/C=C/[C@@H]1C. The van der Waals surface area contributed by atoms with Crippen molar-refractivity contribution in [3.05, 3.63) is 36.0 Å². The molecule has 2 fully saturated rings. The Labute approximate surface area is 256 Å². The van der Waals surface area contributed by atoms with Crippen LogP contribution in [0.2, 0.25) is 0 Å². The summed E-state index contributed by atoms with van der Waals surface area (Å²) in [5, 5.41) is 21.9. The van der Waals surface area contributed by atoms with Gasteiger partial charge in [-0.3, -0.25) is 4.79 Å². The Morgan fingerprint density at radius 2 is 1.77 bits per heavy atom. The van der Waals surface area contributed by atoms with Gasteiger partial charge in [-0.05, 0) is 58.2 Å². The number of amides is 2. The number of hydrogen-bond donors (Lipinski definition) is 2. The minimum Gasteiger partial charge on any atom is -0.457 e. The molecule has 3 rings (SSSR count). The highest BCUT2D eigenvalue weighted by Gasteiger charge is 2.36. The number of carbonyl (C=O) groups excluding carboxylic acids is 3. The Morgan fingerprint density at radius 1 is 1.12 bits per heavy atom. The molecular formula is C32H51N3O8. The van der Waals surface area contributed by atoms with Crippen molar-refractivity contribution in [2.24, 2.45) is 11.8 Å². The number of aliphatic hydroxyl groups excluding tert-OH is 1. The second-order valence-corrected chi connectivity index (χ2v) is 12.5. The van der Waals surface area contributed by atoms with Crippen molar-refractivity contribution in [1.82, 2.24) is 14.7 Å². The van der Waals surface area contributed by atoms with Crippen LogP contribution in [0, 0.1) is 11.8 Å². The first-order valence-electron chi connectivity index (χ1n) is 15.5.